The second-order valence-electron chi connectivity index (χ2n) is 1.14. The van der Waals surface area contributed by atoms with Crippen LogP contribution in [0.4, 0.5) is 8.39 Å². The number of hydrogen-bond donors (Lipinski definition) is 1. The monoisotopic (exact) mass is 192 g/mol. The SMILES string of the molecule is CNS(=NP(=O)(F)F)OC. The van der Waals surface area contributed by atoms with Crippen molar-refractivity contribution in [3.05, 3.63) is 0 Å². The van der Waals surface area contributed by atoms with Gasteiger partial charge >= 0.3 is 7.91 Å². The zero-order chi connectivity index (χ0) is 8.20. The molecule has 0 aliphatic rings. The Morgan fingerprint density at radius 2 is 2.20 bits per heavy atom. The summed E-state index contributed by atoms with van der Waals surface area (Å²) >= 11 is -1.45. The molecule has 8 heteroatoms. The summed E-state index contributed by atoms with van der Waals surface area (Å²) in [5.74, 6) is 0. The fourth-order valence-electron chi connectivity index (χ4n) is 0.244. The molecule has 10 heavy (non-hydrogen) atoms. The quantitative estimate of drug-likeness (QED) is 0.690. The molecule has 0 aromatic heterocycles. The van der Waals surface area contributed by atoms with Crippen molar-refractivity contribution in [2.45, 2.75) is 0 Å². The van der Waals surface area contributed by atoms with E-state index in [4.69, 9.17) is 0 Å². The highest BCUT2D eigenvalue weighted by Gasteiger charge is 2.17. The molecule has 0 aliphatic heterocycles. The summed E-state index contributed by atoms with van der Waals surface area (Å²) in [5.41, 5.74) is 0. The summed E-state index contributed by atoms with van der Waals surface area (Å²) in [4.78, 5) is 0. The molecule has 0 amide bonds. The van der Waals surface area contributed by atoms with E-state index in [0.29, 0.717) is 0 Å². The van der Waals surface area contributed by atoms with Gasteiger partial charge in [-0.2, -0.15) is 0 Å². The Balaban J connectivity index is 4.26. The van der Waals surface area contributed by atoms with Crippen molar-refractivity contribution in [1.82, 2.24) is 4.72 Å². The molecule has 0 spiro atoms. The topological polar surface area (TPSA) is 50.7 Å². The standard InChI is InChI=1S/C2H7F2N2O2PS/c1-5-10(8-2)6-9(3,4)7/h1-2H3,(H,5,6,7). The van der Waals surface area contributed by atoms with Gasteiger partial charge in [0.2, 0.25) is 0 Å². The molecule has 0 aromatic rings. The molecule has 1 N–H and O–H groups in total. The minimum absolute atomic E-state index is 1.19. The van der Waals surface area contributed by atoms with E-state index in [1.54, 1.807) is 0 Å². The Hall–Kier alpha value is 0.160. The van der Waals surface area contributed by atoms with Crippen LogP contribution in [0.2, 0.25) is 0 Å². The smallest absolute Gasteiger partial charge is 0.297 e. The van der Waals surface area contributed by atoms with Crippen LogP contribution in [-0.2, 0) is 19.9 Å². The maximum absolute atomic E-state index is 11.6. The van der Waals surface area contributed by atoms with Gasteiger partial charge in [0.05, 0.1) is 7.11 Å². The minimum Gasteiger partial charge on any atom is -0.297 e. The van der Waals surface area contributed by atoms with Gasteiger partial charge in [-0.3, -0.25) is 4.18 Å². The van der Waals surface area contributed by atoms with E-state index in [2.05, 4.69) is 13.0 Å². The lowest BCUT2D eigenvalue weighted by molar-refractivity contribution is 0.470. The lowest BCUT2D eigenvalue weighted by atomic mass is 11.6. The first kappa shape index (κ1) is 10.2. The van der Waals surface area contributed by atoms with Gasteiger partial charge in [0, 0.05) is 0 Å². The molecule has 4 nitrogen and oxygen atoms in total. The number of nitrogens with zero attached hydrogens (tertiary/aromatic N) is 1. The van der Waals surface area contributed by atoms with E-state index in [1.807, 2.05) is 0 Å². The van der Waals surface area contributed by atoms with Crippen LogP contribution < -0.4 is 4.72 Å². The van der Waals surface area contributed by atoms with Crippen molar-refractivity contribution < 1.29 is 17.1 Å². The highest BCUT2D eigenvalue weighted by molar-refractivity contribution is 7.84. The predicted octanol–water partition coefficient (Wildman–Crippen LogP) is 1.53. The lowest BCUT2D eigenvalue weighted by Crippen LogP contribution is -2.10. The van der Waals surface area contributed by atoms with Crippen LogP contribution >= 0.6 is 7.91 Å². The summed E-state index contributed by atoms with van der Waals surface area (Å²) in [6, 6.07) is 0. The van der Waals surface area contributed by atoms with Crippen LogP contribution in [0.1, 0.15) is 0 Å². The fraction of sp³-hybridized carbons (Fsp3) is 1.00. The minimum atomic E-state index is -5.31. The molecule has 0 fully saturated rings. The zero-order valence-electron chi connectivity index (χ0n) is 5.38. The van der Waals surface area contributed by atoms with Crippen molar-refractivity contribution in [3.63, 3.8) is 0 Å². The molecule has 0 rings (SSSR count). The van der Waals surface area contributed by atoms with Crippen molar-refractivity contribution in [2.75, 3.05) is 14.2 Å². The zero-order valence-corrected chi connectivity index (χ0v) is 7.09. The van der Waals surface area contributed by atoms with Gasteiger partial charge in [0.15, 0.2) is 0 Å². The van der Waals surface area contributed by atoms with Crippen LogP contribution in [0.5, 0.6) is 0 Å². The molecular weight excluding hydrogens is 185 g/mol. The fourth-order valence-corrected chi connectivity index (χ4v) is 1.69. The Kier molecular flexibility index (Phi) is 4.19. The molecular formula is C2H7F2N2O2PS. The molecule has 0 saturated heterocycles. The maximum atomic E-state index is 11.6. The van der Waals surface area contributed by atoms with Crippen molar-refractivity contribution in [2.24, 2.45) is 4.13 Å². The van der Waals surface area contributed by atoms with Gasteiger partial charge < -0.3 is 0 Å². The van der Waals surface area contributed by atoms with Crippen molar-refractivity contribution in [1.29, 1.82) is 0 Å². The van der Waals surface area contributed by atoms with E-state index in [9.17, 15) is 13.0 Å². The number of rotatable bonds is 3. The summed E-state index contributed by atoms with van der Waals surface area (Å²) in [5, 5.41) is 0. The van der Waals surface area contributed by atoms with Crippen LogP contribution in [0, 0.1) is 0 Å². The van der Waals surface area contributed by atoms with Gasteiger partial charge in [0.25, 0.3) is 0 Å². The van der Waals surface area contributed by atoms with Crippen LogP contribution in [0.25, 0.3) is 0 Å². The first-order valence-electron chi connectivity index (χ1n) is 2.18. The van der Waals surface area contributed by atoms with E-state index in [-0.39, 0.29) is 0 Å². The molecule has 0 saturated carbocycles. The molecule has 0 heterocycles. The van der Waals surface area contributed by atoms with Crippen LogP contribution in [0.15, 0.2) is 4.13 Å². The van der Waals surface area contributed by atoms with Gasteiger partial charge in [-0.05, 0) is 7.05 Å². The lowest BCUT2D eigenvalue weighted by Gasteiger charge is -1.99. The number of halogens is 2. The molecule has 1 atom stereocenters. The Bertz CT molecular complexity index is 174. The number of hydrogen-bond acceptors (Lipinski definition) is 2. The normalized spacial score (nSPS) is 15.6. The second-order valence-corrected chi connectivity index (χ2v) is 3.90. The molecule has 0 bridgehead atoms. The van der Waals surface area contributed by atoms with Gasteiger partial charge in [0.1, 0.15) is 11.2 Å². The predicted molar refractivity (Wildman–Crippen MR) is 35.7 cm³/mol. The van der Waals surface area contributed by atoms with Crippen molar-refractivity contribution >= 4 is 19.1 Å². The second kappa shape index (κ2) is 4.12. The first-order chi connectivity index (χ1) is 4.49. The first-order valence-corrected chi connectivity index (χ1v) is 4.73. The molecule has 0 aromatic carbocycles. The van der Waals surface area contributed by atoms with Crippen molar-refractivity contribution in [3.8, 4) is 0 Å². The molecule has 1 unspecified atom stereocenters. The summed E-state index contributed by atoms with van der Waals surface area (Å²) < 4.78 is 42.2. The van der Waals surface area contributed by atoms with Crippen LogP contribution in [-0.4, -0.2) is 14.2 Å². The van der Waals surface area contributed by atoms with E-state index in [1.165, 1.54) is 14.2 Å². The van der Waals surface area contributed by atoms with E-state index in [0.717, 1.165) is 0 Å². The van der Waals surface area contributed by atoms with E-state index >= 15 is 0 Å². The summed E-state index contributed by atoms with van der Waals surface area (Å²) in [7, 11) is -2.73. The van der Waals surface area contributed by atoms with Gasteiger partial charge in [-0.15, -0.1) is 12.5 Å². The molecule has 0 radical (unpaired) electrons. The largest absolute Gasteiger partial charge is 0.538 e. The number of nitrogens with one attached hydrogen (secondary N) is 1. The Labute approximate surface area is 60.1 Å². The van der Waals surface area contributed by atoms with Gasteiger partial charge in [-0.1, -0.05) is 0 Å². The average molecular weight is 192 g/mol. The Morgan fingerprint density at radius 3 is 2.30 bits per heavy atom. The summed E-state index contributed by atoms with van der Waals surface area (Å²) in [6.45, 7) is 0. The Morgan fingerprint density at radius 1 is 1.70 bits per heavy atom. The highest BCUT2D eigenvalue weighted by Crippen LogP contribution is 2.51. The van der Waals surface area contributed by atoms with E-state index < -0.39 is 19.1 Å². The third kappa shape index (κ3) is 4.99. The molecule has 62 valence electrons. The van der Waals surface area contributed by atoms with Gasteiger partial charge in [-0.25, -0.2) is 9.29 Å². The third-order valence-electron chi connectivity index (χ3n) is 0.502. The van der Waals surface area contributed by atoms with Crippen LogP contribution in [0.3, 0.4) is 0 Å². The highest BCUT2D eigenvalue weighted by atomic mass is 32.2. The maximum Gasteiger partial charge on any atom is 0.538 e. The average Bonchev–Trinajstić information content (AvgIpc) is 1.81. The third-order valence-corrected chi connectivity index (χ3v) is 2.52. The molecule has 0 aliphatic carbocycles. The summed E-state index contributed by atoms with van der Waals surface area (Å²) in [6.07, 6.45) is 0.